The summed E-state index contributed by atoms with van der Waals surface area (Å²) in [6.07, 6.45) is 0. The van der Waals surface area contributed by atoms with Crippen molar-refractivity contribution in [3.8, 4) is 0 Å². The number of amides is 2. The molecule has 0 atom stereocenters. The summed E-state index contributed by atoms with van der Waals surface area (Å²) in [5.41, 5.74) is -0.0354. The van der Waals surface area contributed by atoms with E-state index in [1.54, 1.807) is 13.8 Å². The Morgan fingerprint density at radius 1 is 1.29 bits per heavy atom. The first kappa shape index (κ1) is 11.6. The summed E-state index contributed by atoms with van der Waals surface area (Å²) < 4.78 is -0.581. The van der Waals surface area contributed by atoms with Crippen molar-refractivity contribution < 1.29 is 9.59 Å². The highest BCUT2D eigenvalue weighted by atomic mass is 32.2. The van der Waals surface area contributed by atoms with Gasteiger partial charge in [0.05, 0.1) is 4.75 Å². The van der Waals surface area contributed by atoms with Gasteiger partial charge in [-0.15, -0.1) is 0 Å². The molecular formula is C10H17NO2S. The highest BCUT2D eigenvalue weighted by Gasteiger charge is 2.46. The fourth-order valence-corrected chi connectivity index (χ4v) is 2.23. The van der Waals surface area contributed by atoms with Crippen LogP contribution in [0.5, 0.6) is 0 Å². The standard InChI is InChI=1S/C10H17NO2S/c1-9(2,3)6-11-7(12)10(4,5)14-8(11)13/h6H2,1-5H3. The van der Waals surface area contributed by atoms with Crippen LogP contribution in [-0.2, 0) is 4.79 Å². The zero-order chi connectivity index (χ0) is 11.1. The Morgan fingerprint density at radius 2 is 1.79 bits per heavy atom. The number of thioether (sulfide) groups is 1. The molecule has 1 aliphatic rings. The van der Waals surface area contributed by atoms with Crippen LogP contribution in [0, 0.1) is 5.41 Å². The number of hydrogen-bond donors (Lipinski definition) is 0. The van der Waals surface area contributed by atoms with Gasteiger partial charge in [-0.2, -0.15) is 0 Å². The molecular weight excluding hydrogens is 198 g/mol. The predicted octanol–water partition coefficient (Wildman–Crippen LogP) is 2.51. The normalized spacial score (nSPS) is 21.9. The van der Waals surface area contributed by atoms with Crippen LogP contribution in [0.1, 0.15) is 34.6 Å². The quantitative estimate of drug-likeness (QED) is 0.674. The Morgan fingerprint density at radius 3 is 2.07 bits per heavy atom. The molecule has 1 rings (SSSR count). The summed E-state index contributed by atoms with van der Waals surface area (Å²) in [6.45, 7) is 10.1. The molecule has 4 heteroatoms. The summed E-state index contributed by atoms with van der Waals surface area (Å²) in [6, 6.07) is 0. The Hall–Kier alpha value is -0.510. The largest absolute Gasteiger partial charge is 0.289 e. The number of carbonyl (C=O) groups excluding carboxylic acids is 2. The highest BCUT2D eigenvalue weighted by Crippen LogP contribution is 2.37. The number of nitrogens with zero attached hydrogens (tertiary/aromatic N) is 1. The third-order valence-electron chi connectivity index (χ3n) is 1.96. The minimum Gasteiger partial charge on any atom is -0.273 e. The van der Waals surface area contributed by atoms with Gasteiger partial charge >= 0.3 is 0 Å². The number of imide groups is 1. The van der Waals surface area contributed by atoms with E-state index < -0.39 is 4.75 Å². The summed E-state index contributed by atoms with van der Waals surface area (Å²) >= 11 is 1.12. The van der Waals surface area contributed by atoms with Crippen molar-refractivity contribution in [1.82, 2.24) is 4.90 Å². The van der Waals surface area contributed by atoms with E-state index in [9.17, 15) is 9.59 Å². The maximum absolute atomic E-state index is 11.8. The average Bonchev–Trinajstić information content (AvgIpc) is 2.10. The molecule has 0 saturated carbocycles. The molecule has 0 radical (unpaired) electrons. The van der Waals surface area contributed by atoms with Gasteiger partial charge in [-0.25, -0.2) is 0 Å². The van der Waals surface area contributed by atoms with E-state index in [-0.39, 0.29) is 16.6 Å². The Labute approximate surface area is 89.2 Å². The van der Waals surface area contributed by atoms with Crippen molar-refractivity contribution in [1.29, 1.82) is 0 Å². The van der Waals surface area contributed by atoms with Gasteiger partial charge in [0.1, 0.15) is 0 Å². The topological polar surface area (TPSA) is 37.4 Å². The van der Waals surface area contributed by atoms with E-state index in [2.05, 4.69) is 0 Å². The van der Waals surface area contributed by atoms with Crippen molar-refractivity contribution in [3.63, 3.8) is 0 Å². The second-order valence-corrected chi connectivity index (χ2v) is 6.90. The van der Waals surface area contributed by atoms with Crippen LogP contribution >= 0.6 is 11.8 Å². The van der Waals surface area contributed by atoms with Gasteiger partial charge < -0.3 is 0 Å². The van der Waals surface area contributed by atoms with Gasteiger partial charge in [-0.1, -0.05) is 20.8 Å². The molecule has 1 heterocycles. The lowest BCUT2D eigenvalue weighted by Crippen LogP contribution is -2.40. The Balaban J connectivity index is 2.82. The predicted molar refractivity (Wildman–Crippen MR) is 58.2 cm³/mol. The molecule has 0 spiro atoms. The minimum absolute atomic E-state index is 0.0354. The van der Waals surface area contributed by atoms with E-state index in [1.165, 1.54) is 4.90 Å². The fraction of sp³-hybridized carbons (Fsp3) is 0.800. The van der Waals surface area contributed by atoms with E-state index in [4.69, 9.17) is 0 Å². The molecule has 3 nitrogen and oxygen atoms in total. The first-order valence-electron chi connectivity index (χ1n) is 4.68. The second kappa shape index (κ2) is 3.26. The van der Waals surface area contributed by atoms with Gasteiger partial charge in [0.25, 0.3) is 5.24 Å². The zero-order valence-electron chi connectivity index (χ0n) is 9.38. The Bertz CT molecular complexity index is 278. The van der Waals surface area contributed by atoms with E-state index in [0.29, 0.717) is 6.54 Å². The van der Waals surface area contributed by atoms with Gasteiger partial charge in [-0.05, 0) is 31.0 Å². The van der Waals surface area contributed by atoms with Crippen LogP contribution in [0.2, 0.25) is 0 Å². The molecule has 1 saturated heterocycles. The minimum atomic E-state index is -0.581. The average molecular weight is 215 g/mol. The van der Waals surface area contributed by atoms with Gasteiger partial charge in [0, 0.05) is 6.54 Å². The van der Waals surface area contributed by atoms with Crippen LogP contribution in [0.25, 0.3) is 0 Å². The van der Waals surface area contributed by atoms with Crippen LogP contribution in [0.3, 0.4) is 0 Å². The Kier molecular flexibility index (Phi) is 2.69. The van der Waals surface area contributed by atoms with Gasteiger partial charge in [0.2, 0.25) is 5.91 Å². The summed E-state index contributed by atoms with van der Waals surface area (Å²) in [4.78, 5) is 24.7. The van der Waals surface area contributed by atoms with Crippen LogP contribution in [-0.4, -0.2) is 27.3 Å². The van der Waals surface area contributed by atoms with Crippen LogP contribution < -0.4 is 0 Å². The summed E-state index contributed by atoms with van der Waals surface area (Å²) in [7, 11) is 0. The summed E-state index contributed by atoms with van der Waals surface area (Å²) in [5, 5.41) is -0.116. The molecule has 0 bridgehead atoms. The molecule has 1 aliphatic heterocycles. The third kappa shape index (κ3) is 2.29. The van der Waals surface area contributed by atoms with Crippen molar-refractivity contribution in [2.75, 3.05) is 6.54 Å². The molecule has 0 aliphatic carbocycles. The van der Waals surface area contributed by atoms with Crippen molar-refractivity contribution in [3.05, 3.63) is 0 Å². The monoisotopic (exact) mass is 215 g/mol. The van der Waals surface area contributed by atoms with E-state index in [1.807, 2.05) is 20.8 Å². The molecule has 2 amide bonds. The fourth-order valence-electron chi connectivity index (χ4n) is 1.34. The van der Waals surface area contributed by atoms with Gasteiger partial charge in [0.15, 0.2) is 0 Å². The number of rotatable bonds is 1. The molecule has 0 aromatic carbocycles. The van der Waals surface area contributed by atoms with Gasteiger partial charge in [-0.3, -0.25) is 14.5 Å². The smallest absolute Gasteiger partial charge is 0.273 e. The molecule has 0 N–H and O–H groups in total. The van der Waals surface area contributed by atoms with Crippen LogP contribution in [0.15, 0.2) is 0 Å². The first-order valence-corrected chi connectivity index (χ1v) is 5.50. The maximum Gasteiger partial charge on any atom is 0.289 e. The van der Waals surface area contributed by atoms with Crippen molar-refractivity contribution >= 4 is 22.9 Å². The molecule has 0 unspecified atom stereocenters. The number of hydrogen-bond acceptors (Lipinski definition) is 3. The first-order chi connectivity index (χ1) is 6.13. The molecule has 0 aromatic heterocycles. The maximum atomic E-state index is 11.8. The molecule has 80 valence electrons. The van der Waals surface area contributed by atoms with E-state index in [0.717, 1.165) is 11.8 Å². The van der Waals surface area contributed by atoms with Crippen LogP contribution in [0.4, 0.5) is 4.79 Å². The molecule has 14 heavy (non-hydrogen) atoms. The van der Waals surface area contributed by atoms with E-state index >= 15 is 0 Å². The molecule has 1 fully saturated rings. The SMILES string of the molecule is CC(C)(C)CN1C(=O)SC(C)(C)C1=O. The van der Waals surface area contributed by atoms with Crippen molar-refractivity contribution in [2.24, 2.45) is 5.41 Å². The second-order valence-electron chi connectivity index (χ2n) is 5.33. The lowest BCUT2D eigenvalue weighted by molar-refractivity contribution is -0.129. The van der Waals surface area contributed by atoms with Crippen molar-refractivity contribution in [2.45, 2.75) is 39.4 Å². The summed E-state index contributed by atoms with van der Waals surface area (Å²) in [5.74, 6) is -0.0672. The highest BCUT2D eigenvalue weighted by molar-refractivity contribution is 8.16. The number of carbonyl (C=O) groups is 2. The third-order valence-corrected chi connectivity index (χ3v) is 3.04. The lowest BCUT2D eigenvalue weighted by atomic mass is 9.96. The lowest BCUT2D eigenvalue weighted by Gasteiger charge is -2.25. The molecule has 0 aromatic rings. The zero-order valence-corrected chi connectivity index (χ0v) is 10.2.